The summed E-state index contributed by atoms with van der Waals surface area (Å²) in [6, 6.07) is 22.9. The van der Waals surface area contributed by atoms with Crippen LogP contribution < -0.4 is 4.74 Å². The van der Waals surface area contributed by atoms with Crippen molar-refractivity contribution < 1.29 is 14.6 Å². The van der Waals surface area contributed by atoms with Gasteiger partial charge in [0.15, 0.2) is 6.10 Å². The number of benzene rings is 3. The fraction of sp³-hybridized carbons (Fsp3) is 0.136. The molecule has 0 aliphatic carbocycles. The van der Waals surface area contributed by atoms with Crippen molar-refractivity contribution in [2.75, 3.05) is 0 Å². The summed E-state index contributed by atoms with van der Waals surface area (Å²) >= 11 is 5.96. The van der Waals surface area contributed by atoms with E-state index in [-0.39, 0.29) is 6.42 Å². The summed E-state index contributed by atoms with van der Waals surface area (Å²) in [5.41, 5.74) is 4.01. The molecule has 0 aliphatic heterocycles. The van der Waals surface area contributed by atoms with Gasteiger partial charge in [0.1, 0.15) is 5.75 Å². The van der Waals surface area contributed by atoms with Gasteiger partial charge >= 0.3 is 5.97 Å². The largest absolute Gasteiger partial charge is 0.478 e. The van der Waals surface area contributed by atoms with Gasteiger partial charge in [-0.15, -0.1) is 0 Å². The lowest BCUT2D eigenvalue weighted by Crippen LogP contribution is -2.29. The van der Waals surface area contributed by atoms with Crippen molar-refractivity contribution in [3.63, 3.8) is 0 Å². The fourth-order valence-corrected chi connectivity index (χ4v) is 3.01. The number of carbonyl (C=O) groups is 1. The van der Waals surface area contributed by atoms with E-state index >= 15 is 0 Å². The summed E-state index contributed by atoms with van der Waals surface area (Å²) in [5.74, 6) is -0.463. The number of hydrogen-bond acceptors (Lipinski definition) is 2. The Hall–Kier alpha value is -2.78. The number of aliphatic carboxylic acids is 1. The van der Waals surface area contributed by atoms with Crippen LogP contribution in [-0.2, 0) is 11.2 Å². The average Bonchev–Trinajstić information content (AvgIpc) is 2.64. The Balaban J connectivity index is 1.75. The van der Waals surface area contributed by atoms with Crippen LogP contribution in [0.5, 0.6) is 5.75 Å². The third kappa shape index (κ3) is 4.44. The van der Waals surface area contributed by atoms with Crippen molar-refractivity contribution in [2.24, 2.45) is 0 Å². The van der Waals surface area contributed by atoms with E-state index in [1.165, 1.54) is 0 Å². The number of rotatable bonds is 6. The molecule has 1 N–H and O–H groups in total. The maximum Gasteiger partial charge on any atom is 0.345 e. The van der Waals surface area contributed by atoms with E-state index in [0.29, 0.717) is 10.8 Å². The van der Waals surface area contributed by atoms with Crippen LogP contribution >= 0.6 is 11.6 Å². The van der Waals surface area contributed by atoms with Crippen molar-refractivity contribution >= 4 is 17.6 Å². The molecule has 0 heterocycles. The van der Waals surface area contributed by atoms with Gasteiger partial charge in [-0.05, 0) is 53.4 Å². The molecule has 0 radical (unpaired) electrons. The van der Waals surface area contributed by atoms with E-state index < -0.39 is 12.1 Å². The maximum absolute atomic E-state index is 11.6. The highest BCUT2D eigenvalue weighted by Crippen LogP contribution is 2.24. The maximum atomic E-state index is 11.6. The highest BCUT2D eigenvalue weighted by Gasteiger charge is 2.21. The lowest BCUT2D eigenvalue weighted by Gasteiger charge is -2.17. The minimum atomic E-state index is -0.994. The van der Waals surface area contributed by atoms with Crippen LogP contribution in [0.1, 0.15) is 11.1 Å². The Labute approximate surface area is 157 Å². The van der Waals surface area contributed by atoms with Crippen molar-refractivity contribution in [2.45, 2.75) is 19.4 Å². The third-order valence-electron chi connectivity index (χ3n) is 4.23. The van der Waals surface area contributed by atoms with Gasteiger partial charge in [0, 0.05) is 11.4 Å². The van der Waals surface area contributed by atoms with Gasteiger partial charge in [-0.2, -0.15) is 0 Å². The fourth-order valence-electron chi connectivity index (χ4n) is 2.79. The van der Waals surface area contributed by atoms with Crippen LogP contribution in [0.3, 0.4) is 0 Å². The molecule has 0 aliphatic rings. The van der Waals surface area contributed by atoms with Gasteiger partial charge in [0.2, 0.25) is 0 Å². The molecule has 0 unspecified atom stereocenters. The first kappa shape index (κ1) is 18.0. The zero-order chi connectivity index (χ0) is 18.5. The Morgan fingerprint density at radius 1 is 1.00 bits per heavy atom. The molecule has 3 aromatic carbocycles. The van der Waals surface area contributed by atoms with Crippen molar-refractivity contribution in [1.29, 1.82) is 0 Å². The monoisotopic (exact) mass is 366 g/mol. The van der Waals surface area contributed by atoms with Crippen molar-refractivity contribution in [3.8, 4) is 16.9 Å². The molecule has 26 heavy (non-hydrogen) atoms. The van der Waals surface area contributed by atoms with Crippen LogP contribution in [0.2, 0.25) is 5.02 Å². The number of hydrogen-bond donors (Lipinski definition) is 1. The van der Waals surface area contributed by atoms with E-state index in [1.807, 2.05) is 61.5 Å². The van der Waals surface area contributed by atoms with Crippen LogP contribution in [0, 0.1) is 6.92 Å². The number of aryl methyl sites for hydroxylation is 1. The molecule has 3 aromatic rings. The number of ether oxygens (including phenoxy) is 1. The number of carboxylic acid groups (broad SMARTS) is 1. The minimum absolute atomic E-state index is 0.277. The standard InChI is InChI=1S/C22H19ClO3/c1-15-13-19(23)10-7-18(15)14-21(22(24)25)26-20-11-8-17(9-12-20)16-5-3-2-4-6-16/h2-13,21H,14H2,1H3,(H,24,25)/t21-/m0/s1. The van der Waals surface area contributed by atoms with Gasteiger partial charge in [-0.1, -0.05) is 60.1 Å². The lowest BCUT2D eigenvalue weighted by molar-refractivity contribution is -0.145. The Morgan fingerprint density at radius 2 is 1.65 bits per heavy atom. The first-order chi connectivity index (χ1) is 12.5. The second-order valence-corrected chi connectivity index (χ2v) is 6.55. The molecule has 3 rings (SSSR count). The van der Waals surface area contributed by atoms with Crippen molar-refractivity contribution in [1.82, 2.24) is 0 Å². The summed E-state index contributed by atoms with van der Waals surface area (Å²) in [5, 5.41) is 10.2. The van der Waals surface area contributed by atoms with E-state index in [4.69, 9.17) is 16.3 Å². The number of carboxylic acids is 1. The van der Waals surface area contributed by atoms with E-state index in [9.17, 15) is 9.90 Å². The second kappa shape index (κ2) is 8.07. The summed E-state index contributed by atoms with van der Waals surface area (Å²) in [4.78, 5) is 11.6. The summed E-state index contributed by atoms with van der Waals surface area (Å²) in [6.45, 7) is 1.91. The molecular formula is C22H19ClO3. The Kier molecular flexibility index (Phi) is 5.59. The normalized spacial score (nSPS) is 11.8. The molecule has 0 fully saturated rings. The van der Waals surface area contributed by atoms with Gasteiger partial charge in [-0.25, -0.2) is 4.79 Å². The van der Waals surface area contributed by atoms with E-state index in [2.05, 4.69) is 0 Å². The molecule has 0 saturated carbocycles. The molecule has 1 atom stereocenters. The third-order valence-corrected chi connectivity index (χ3v) is 4.46. The zero-order valence-corrected chi connectivity index (χ0v) is 15.1. The smallest absolute Gasteiger partial charge is 0.345 e. The van der Waals surface area contributed by atoms with Crippen LogP contribution in [0.25, 0.3) is 11.1 Å². The zero-order valence-electron chi connectivity index (χ0n) is 14.4. The Bertz CT molecular complexity index is 889. The molecule has 132 valence electrons. The van der Waals surface area contributed by atoms with Gasteiger partial charge in [0.05, 0.1) is 0 Å². The quantitative estimate of drug-likeness (QED) is 0.636. The van der Waals surface area contributed by atoms with Crippen molar-refractivity contribution in [3.05, 3.63) is 88.9 Å². The van der Waals surface area contributed by atoms with Crippen LogP contribution in [0.15, 0.2) is 72.8 Å². The minimum Gasteiger partial charge on any atom is -0.478 e. The van der Waals surface area contributed by atoms with Gasteiger partial charge < -0.3 is 9.84 Å². The molecule has 0 spiro atoms. The first-order valence-corrected chi connectivity index (χ1v) is 8.71. The Morgan fingerprint density at radius 3 is 2.27 bits per heavy atom. The highest BCUT2D eigenvalue weighted by atomic mass is 35.5. The van der Waals surface area contributed by atoms with Gasteiger partial charge in [0.25, 0.3) is 0 Å². The molecule has 0 bridgehead atoms. The van der Waals surface area contributed by atoms with E-state index in [1.54, 1.807) is 18.2 Å². The summed E-state index contributed by atoms with van der Waals surface area (Å²) < 4.78 is 5.72. The number of halogens is 1. The van der Waals surface area contributed by atoms with Crippen LogP contribution in [-0.4, -0.2) is 17.2 Å². The summed E-state index contributed by atoms with van der Waals surface area (Å²) in [6.07, 6.45) is -0.684. The van der Waals surface area contributed by atoms with Crippen LogP contribution in [0.4, 0.5) is 0 Å². The predicted molar refractivity (Wildman–Crippen MR) is 104 cm³/mol. The lowest BCUT2D eigenvalue weighted by atomic mass is 10.0. The average molecular weight is 367 g/mol. The second-order valence-electron chi connectivity index (χ2n) is 6.11. The first-order valence-electron chi connectivity index (χ1n) is 8.33. The molecular weight excluding hydrogens is 348 g/mol. The molecule has 4 heteroatoms. The molecule has 3 nitrogen and oxygen atoms in total. The SMILES string of the molecule is Cc1cc(Cl)ccc1C[C@H](Oc1ccc(-c2ccccc2)cc1)C(=O)O. The molecule has 0 amide bonds. The van der Waals surface area contributed by atoms with Gasteiger partial charge in [-0.3, -0.25) is 0 Å². The highest BCUT2D eigenvalue weighted by molar-refractivity contribution is 6.30. The topological polar surface area (TPSA) is 46.5 Å². The summed E-state index contributed by atoms with van der Waals surface area (Å²) in [7, 11) is 0. The molecule has 0 saturated heterocycles. The molecule has 0 aromatic heterocycles. The van der Waals surface area contributed by atoms with E-state index in [0.717, 1.165) is 22.3 Å². The predicted octanol–water partition coefficient (Wildman–Crippen LogP) is 5.39.